The molecule has 0 aromatic heterocycles. The molecule has 2 fully saturated rings. The number of carboxylic acids is 1. The maximum atomic E-state index is 13.6. The van der Waals surface area contributed by atoms with Gasteiger partial charge < -0.3 is 9.84 Å². The average molecular weight is 421 g/mol. The lowest BCUT2D eigenvalue weighted by Gasteiger charge is -2.38. The molecule has 0 unspecified atom stereocenters. The van der Waals surface area contributed by atoms with Gasteiger partial charge in [-0.15, -0.1) is 0 Å². The van der Waals surface area contributed by atoms with Crippen molar-refractivity contribution in [3.8, 4) is 0 Å². The molecule has 1 aliphatic heterocycles. The van der Waals surface area contributed by atoms with Gasteiger partial charge in [-0.1, -0.05) is 66.8 Å². The molecule has 4 rings (SSSR count). The predicted octanol–water partition coefficient (Wildman–Crippen LogP) is 6.01. The zero-order valence-corrected chi connectivity index (χ0v) is 17.6. The first-order valence-corrected chi connectivity index (χ1v) is 11.1. The maximum Gasteiger partial charge on any atom is 0.303 e. The van der Waals surface area contributed by atoms with Crippen molar-refractivity contribution >= 4 is 12.0 Å². The first kappa shape index (κ1) is 21.5. The Bertz CT molecular complexity index is 935. The van der Waals surface area contributed by atoms with Crippen molar-refractivity contribution < 1.29 is 19.0 Å². The maximum absolute atomic E-state index is 13.6. The minimum Gasteiger partial charge on any atom is -0.481 e. The second-order valence-corrected chi connectivity index (χ2v) is 8.66. The van der Waals surface area contributed by atoms with Gasteiger partial charge in [0, 0.05) is 17.8 Å². The van der Waals surface area contributed by atoms with Gasteiger partial charge in [-0.3, -0.25) is 4.79 Å². The van der Waals surface area contributed by atoms with E-state index in [0.29, 0.717) is 18.9 Å². The van der Waals surface area contributed by atoms with Crippen LogP contribution in [0.15, 0.2) is 72.8 Å². The first-order chi connectivity index (χ1) is 15.1. The summed E-state index contributed by atoms with van der Waals surface area (Å²) in [6.45, 7) is 0.663. The zero-order valence-electron chi connectivity index (χ0n) is 17.6. The summed E-state index contributed by atoms with van der Waals surface area (Å²) in [4.78, 5) is 10.7. The Balaban J connectivity index is 1.55. The number of halogens is 1. The number of allylic oxidation sites excluding steroid dienone is 2. The predicted molar refractivity (Wildman–Crippen MR) is 120 cm³/mol. The fourth-order valence-corrected chi connectivity index (χ4v) is 5.22. The molecule has 3 nitrogen and oxygen atoms in total. The molecular formula is C27H29FO3. The summed E-state index contributed by atoms with van der Waals surface area (Å²) in [6, 6.07) is 17.2. The number of hydrogen-bond donors (Lipinski definition) is 1. The molecule has 1 saturated heterocycles. The van der Waals surface area contributed by atoms with E-state index >= 15 is 0 Å². The number of aliphatic carboxylic acids is 1. The highest BCUT2D eigenvalue weighted by Gasteiger charge is 2.58. The van der Waals surface area contributed by atoms with Crippen LogP contribution in [-0.4, -0.2) is 23.8 Å². The van der Waals surface area contributed by atoms with Crippen molar-refractivity contribution in [3.05, 3.63) is 89.8 Å². The van der Waals surface area contributed by atoms with E-state index in [4.69, 9.17) is 9.84 Å². The highest BCUT2D eigenvalue weighted by atomic mass is 19.1. The van der Waals surface area contributed by atoms with Crippen molar-refractivity contribution in [2.75, 3.05) is 6.61 Å². The minimum atomic E-state index is -0.750. The Hall–Kier alpha value is -2.72. The lowest BCUT2D eigenvalue weighted by Crippen LogP contribution is -2.39. The third-order valence-corrected chi connectivity index (χ3v) is 6.77. The molecule has 2 aliphatic rings. The number of benzene rings is 2. The fourth-order valence-electron chi connectivity index (χ4n) is 5.22. The van der Waals surface area contributed by atoms with E-state index in [-0.39, 0.29) is 29.7 Å². The molecule has 0 radical (unpaired) electrons. The molecule has 2 aromatic rings. The van der Waals surface area contributed by atoms with Crippen molar-refractivity contribution in [1.82, 2.24) is 0 Å². The number of ether oxygens (including phenoxy) is 1. The van der Waals surface area contributed by atoms with E-state index in [1.807, 2.05) is 30.3 Å². The second kappa shape index (κ2) is 9.61. The molecule has 1 saturated carbocycles. The Labute approximate surface area is 183 Å². The Kier molecular flexibility index (Phi) is 6.67. The monoisotopic (exact) mass is 420 g/mol. The zero-order chi connectivity index (χ0) is 21.7. The van der Waals surface area contributed by atoms with E-state index in [9.17, 15) is 9.18 Å². The molecule has 2 aromatic carbocycles. The number of carboxylic acid groups (broad SMARTS) is 1. The van der Waals surface area contributed by atoms with Gasteiger partial charge in [0.15, 0.2) is 0 Å². The molecule has 1 N–H and O–H groups in total. The van der Waals surface area contributed by atoms with Gasteiger partial charge in [-0.25, -0.2) is 4.39 Å². The molecule has 4 heteroatoms. The normalized spacial score (nSPS) is 27.5. The summed E-state index contributed by atoms with van der Waals surface area (Å²) in [6.07, 6.45) is 12.4. The first-order valence-electron chi connectivity index (χ1n) is 11.1. The van der Waals surface area contributed by atoms with Gasteiger partial charge in [0.2, 0.25) is 0 Å². The van der Waals surface area contributed by atoms with Gasteiger partial charge in [0.05, 0.1) is 12.7 Å². The molecule has 1 heterocycles. The molecule has 1 aliphatic carbocycles. The summed E-state index contributed by atoms with van der Waals surface area (Å²) in [5.74, 6) is -0.334. The van der Waals surface area contributed by atoms with Crippen LogP contribution < -0.4 is 0 Å². The Morgan fingerprint density at radius 1 is 1.13 bits per heavy atom. The van der Waals surface area contributed by atoms with Crippen LogP contribution in [0.4, 0.5) is 4.39 Å². The molecule has 4 atom stereocenters. The van der Waals surface area contributed by atoms with Crippen LogP contribution in [0.3, 0.4) is 0 Å². The molecule has 31 heavy (non-hydrogen) atoms. The van der Waals surface area contributed by atoms with Gasteiger partial charge >= 0.3 is 5.97 Å². The third-order valence-electron chi connectivity index (χ3n) is 6.77. The SMILES string of the molecule is O=C(O)CCC/C=C\C[C@H]1[C@H](C=Cc2ccccc2)[C@@H]2C[C@@]1(c1ccc(F)cc1)CO2. The van der Waals surface area contributed by atoms with Crippen LogP contribution in [0.25, 0.3) is 6.08 Å². The number of rotatable bonds is 9. The lowest BCUT2D eigenvalue weighted by molar-refractivity contribution is -0.137. The molecular weight excluding hydrogens is 391 g/mol. The number of unbranched alkanes of at least 4 members (excludes halogenated alkanes) is 1. The van der Waals surface area contributed by atoms with Gasteiger partial charge in [0.25, 0.3) is 0 Å². The van der Waals surface area contributed by atoms with Crippen LogP contribution in [0.2, 0.25) is 0 Å². The Morgan fingerprint density at radius 2 is 1.90 bits per heavy atom. The van der Waals surface area contributed by atoms with Crippen LogP contribution in [0, 0.1) is 17.7 Å². The molecule has 0 spiro atoms. The molecule has 0 amide bonds. The summed E-state index contributed by atoms with van der Waals surface area (Å²) < 4.78 is 19.8. The van der Waals surface area contributed by atoms with E-state index in [0.717, 1.165) is 24.8 Å². The van der Waals surface area contributed by atoms with Crippen LogP contribution in [0.1, 0.15) is 43.2 Å². The highest BCUT2D eigenvalue weighted by molar-refractivity contribution is 5.66. The number of hydrogen-bond acceptors (Lipinski definition) is 2. The summed E-state index contributed by atoms with van der Waals surface area (Å²) in [5.41, 5.74) is 2.20. The van der Waals surface area contributed by atoms with Crippen molar-refractivity contribution in [2.24, 2.45) is 11.8 Å². The van der Waals surface area contributed by atoms with Gasteiger partial charge in [-0.2, -0.15) is 0 Å². The molecule has 162 valence electrons. The number of carbonyl (C=O) groups is 1. The van der Waals surface area contributed by atoms with Crippen LogP contribution >= 0.6 is 0 Å². The van der Waals surface area contributed by atoms with Gasteiger partial charge in [0.1, 0.15) is 5.82 Å². The lowest BCUT2D eigenvalue weighted by atomic mass is 9.69. The smallest absolute Gasteiger partial charge is 0.303 e. The topological polar surface area (TPSA) is 46.5 Å². The summed E-state index contributed by atoms with van der Waals surface area (Å²) in [7, 11) is 0. The third kappa shape index (κ3) is 4.80. The Morgan fingerprint density at radius 3 is 2.65 bits per heavy atom. The highest BCUT2D eigenvalue weighted by Crippen LogP contribution is 2.57. The standard InChI is InChI=1S/C27H29FO3/c28-22-15-13-21(14-16-22)27-18-25(31-19-27)23(17-12-20-8-4-3-5-9-20)24(27)10-6-1-2-7-11-26(29)30/h1,3-6,8-9,12-17,23-25H,2,7,10-11,18-19H2,(H,29,30)/b6-1-,17-12?/t23-,24-,25-,27-/m0/s1. The fraction of sp³-hybridized carbons (Fsp3) is 0.370. The van der Waals surface area contributed by atoms with Crippen molar-refractivity contribution in [1.29, 1.82) is 0 Å². The molecule has 2 bridgehead atoms. The van der Waals surface area contributed by atoms with E-state index < -0.39 is 5.97 Å². The van der Waals surface area contributed by atoms with Crippen molar-refractivity contribution in [3.63, 3.8) is 0 Å². The summed E-state index contributed by atoms with van der Waals surface area (Å²) in [5, 5.41) is 8.81. The van der Waals surface area contributed by atoms with Crippen LogP contribution in [-0.2, 0) is 14.9 Å². The largest absolute Gasteiger partial charge is 0.481 e. The van der Waals surface area contributed by atoms with E-state index in [2.05, 4.69) is 36.4 Å². The summed E-state index contributed by atoms with van der Waals surface area (Å²) >= 11 is 0. The number of fused-ring (bicyclic) bond motifs is 2. The van der Waals surface area contributed by atoms with E-state index in [1.165, 1.54) is 5.56 Å². The average Bonchev–Trinajstić information content (AvgIpc) is 3.33. The quantitative estimate of drug-likeness (QED) is 0.399. The van der Waals surface area contributed by atoms with Gasteiger partial charge in [-0.05, 0) is 54.9 Å². The second-order valence-electron chi connectivity index (χ2n) is 8.66. The van der Waals surface area contributed by atoms with Crippen LogP contribution in [0.5, 0.6) is 0 Å². The van der Waals surface area contributed by atoms with E-state index in [1.54, 1.807) is 12.1 Å². The minimum absolute atomic E-state index is 0.116. The van der Waals surface area contributed by atoms with Crippen molar-refractivity contribution in [2.45, 2.75) is 43.6 Å².